The number of hydrogen-bond acceptors (Lipinski definition) is 4. The van der Waals surface area contributed by atoms with Gasteiger partial charge in [0.1, 0.15) is 17.3 Å². The van der Waals surface area contributed by atoms with Crippen LogP contribution in [0.2, 0.25) is 10.0 Å². The molecule has 2 amide bonds. The van der Waals surface area contributed by atoms with Crippen LogP contribution in [-0.4, -0.2) is 29.3 Å². The molecule has 3 aromatic rings. The highest BCUT2D eigenvalue weighted by Gasteiger charge is 2.45. The molecule has 0 saturated heterocycles. The fraction of sp³-hybridized carbons (Fsp3) is 0.208. The number of aromatic nitrogens is 1. The Balaban J connectivity index is 1.45. The van der Waals surface area contributed by atoms with Crippen molar-refractivity contribution >= 4 is 46.4 Å². The lowest BCUT2D eigenvalue weighted by Gasteiger charge is -2.34. The van der Waals surface area contributed by atoms with Gasteiger partial charge in [-0.25, -0.2) is 22.5 Å². The first-order valence-electron chi connectivity index (χ1n) is 10.6. The second kappa shape index (κ2) is 9.94. The molecule has 0 spiro atoms. The Labute approximate surface area is 212 Å². The van der Waals surface area contributed by atoms with Crippen LogP contribution in [0.25, 0.3) is 11.1 Å². The summed E-state index contributed by atoms with van der Waals surface area (Å²) in [4.78, 5) is 28.9. The van der Waals surface area contributed by atoms with E-state index < -0.39 is 29.4 Å². The Morgan fingerprint density at radius 3 is 2.39 bits per heavy atom. The molecule has 1 heterocycles. The van der Waals surface area contributed by atoms with Crippen molar-refractivity contribution in [1.29, 1.82) is 0 Å². The number of nitrogen functional groups attached to an aromatic ring is 1. The van der Waals surface area contributed by atoms with E-state index in [0.29, 0.717) is 0 Å². The Bertz CT molecular complexity index is 1360. The van der Waals surface area contributed by atoms with Crippen molar-refractivity contribution in [3.05, 3.63) is 75.5 Å². The quantitative estimate of drug-likeness (QED) is 0.266. The van der Waals surface area contributed by atoms with Crippen LogP contribution in [0, 0.1) is 17.6 Å². The van der Waals surface area contributed by atoms with Crippen molar-refractivity contribution in [3.8, 4) is 11.1 Å². The molecule has 1 saturated carbocycles. The molecule has 12 heteroatoms. The maximum Gasteiger partial charge on any atom is 0.271 e. The fourth-order valence-electron chi connectivity index (χ4n) is 3.83. The average molecular weight is 541 g/mol. The minimum Gasteiger partial charge on any atom is -0.398 e. The zero-order chi connectivity index (χ0) is 26.2. The first kappa shape index (κ1) is 25.7. The third kappa shape index (κ3) is 5.55. The number of pyridine rings is 1. The molecule has 0 radical (unpaired) electrons. The second-order valence-electron chi connectivity index (χ2n) is 8.39. The number of nitrogens with two attached hydrogens (primary N) is 1. The molecule has 1 aromatic heterocycles. The van der Waals surface area contributed by atoms with Crippen LogP contribution >= 0.6 is 23.2 Å². The highest BCUT2D eigenvalue weighted by Crippen LogP contribution is 2.42. The number of alkyl halides is 2. The van der Waals surface area contributed by atoms with Gasteiger partial charge in [-0.2, -0.15) is 0 Å². The van der Waals surface area contributed by atoms with Gasteiger partial charge in [0.2, 0.25) is 5.92 Å². The standard InChI is InChI=1S/C24H18Cl2F4N4O2/c25-17-5-15(14-2-1-12(27)3-20(14)31)19(28)6-16(17)22(35)34-13-4-18(26)21(32-10-13)23(36)33-9-11-7-24(29,30)8-11/h1-6,10-11H,7-9,31H2,(H,33,36)(H,34,35). The Morgan fingerprint density at radius 2 is 1.75 bits per heavy atom. The van der Waals surface area contributed by atoms with Gasteiger partial charge in [0.05, 0.1) is 27.5 Å². The average Bonchev–Trinajstić information content (AvgIpc) is 2.77. The molecule has 6 nitrogen and oxygen atoms in total. The summed E-state index contributed by atoms with van der Waals surface area (Å²) in [6, 6.07) is 6.83. The Morgan fingerprint density at radius 1 is 1.03 bits per heavy atom. The summed E-state index contributed by atoms with van der Waals surface area (Å²) < 4.78 is 53.9. The second-order valence-corrected chi connectivity index (χ2v) is 9.21. The molecule has 4 rings (SSSR count). The molecule has 4 N–H and O–H groups in total. The number of nitrogens with one attached hydrogen (secondary N) is 2. The monoisotopic (exact) mass is 540 g/mol. The number of halogens is 6. The summed E-state index contributed by atoms with van der Waals surface area (Å²) >= 11 is 12.3. The smallest absolute Gasteiger partial charge is 0.271 e. The lowest BCUT2D eigenvalue weighted by Crippen LogP contribution is -2.42. The molecule has 188 valence electrons. The fourth-order valence-corrected chi connectivity index (χ4v) is 4.33. The molecule has 1 fully saturated rings. The third-order valence-corrected chi connectivity index (χ3v) is 6.25. The zero-order valence-electron chi connectivity index (χ0n) is 18.3. The van der Waals surface area contributed by atoms with Gasteiger partial charge >= 0.3 is 0 Å². The summed E-state index contributed by atoms with van der Waals surface area (Å²) in [6.07, 6.45) is 0.579. The van der Waals surface area contributed by atoms with Crippen molar-refractivity contribution in [3.63, 3.8) is 0 Å². The number of benzene rings is 2. The molecule has 1 aliphatic carbocycles. The number of carbonyl (C=O) groups excluding carboxylic acids is 2. The zero-order valence-corrected chi connectivity index (χ0v) is 19.9. The molecular weight excluding hydrogens is 523 g/mol. The van der Waals surface area contributed by atoms with Crippen LogP contribution in [0.5, 0.6) is 0 Å². The Kier molecular flexibility index (Phi) is 7.10. The van der Waals surface area contributed by atoms with Crippen molar-refractivity contribution in [2.45, 2.75) is 18.8 Å². The number of anilines is 2. The molecular formula is C24H18Cl2F4N4O2. The number of rotatable bonds is 6. The van der Waals surface area contributed by atoms with E-state index in [-0.39, 0.29) is 69.1 Å². The number of hydrogen-bond donors (Lipinski definition) is 3. The summed E-state index contributed by atoms with van der Waals surface area (Å²) in [5, 5.41) is 4.79. The van der Waals surface area contributed by atoms with E-state index in [9.17, 15) is 27.2 Å². The minimum atomic E-state index is -2.69. The van der Waals surface area contributed by atoms with Gasteiger partial charge in [-0.15, -0.1) is 0 Å². The summed E-state index contributed by atoms with van der Waals surface area (Å²) in [7, 11) is 0. The van der Waals surface area contributed by atoms with E-state index in [1.165, 1.54) is 18.2 Å². The van der Waals surface area contributed by atoms with Gasteiger partial charge in [0.25, 0.3) is 11.8 Å². The lowest BCUT2D eigenvalue weighted by molar-refractivity contribution is -0.108. The maximum absolute atomic E-state index is 14.8. The number of amides is 2. The van der Waals surface area contributed by atoms with Crippen LogP contribution in [-0.2, 0) is 0 Å². The first-order valence-corrected chi connectivity index (χ1v) is 11.4. The van der Waals surface area contributed by atoms with Crippen LogP contribution in [0.3, 0.4) is 0 Å². The van der Waals surface area contributed by atoms with Gasteiger partial charge in [0, 0.05) is 36.2 Å². The van der Waals surface area contributed by atoms with E-state index in [2.05, 4.69) is 15.6 Å². The van der Waals surface area contributed by atoms with E-state index in [0.717, 1.165) is 24.4 Å². The first-order chi connectivity index (χ1) is 16.9. The predicted molar refractivity (Wildman–Crippen MR) is 128 cm³/mol. The van der Waals surface area contributed by atoms with Crippen molar-refractivity contribution in [2.24, 2.45) is 5.92 Å². The topological polar surface area (TPSA) is 97.1 Å². The highest BCUT2D eigenvalue weighted by molar-refractivity contribution is 6.35. The van der Waals surface area contributed by atoms with Gasteiger partial charge < -0.3 is 16.4 Å². The number of carbonyl (C=O) groups is 2. The van der Waals surface area contributed by atoms with Crippen LogP contribution in [0.15, 0.2) is 42.6 Å². The highest BCUT2D eigenvalue weighted by atomic mass is 35.5. The lowest BCUT2D eigenvalue weighted by atomic mass is 9.81. The molecule has 0 unspecified atom stereocenters. The van der Waals surface area contributed by atoms with Gasteiger partial charge in [-0.1, -0.05) is 23.2 Å². The Hall–Kier alpha value is -3.37. The van der Waals surface area contributed by atoms with Crippen LogP contribution in [0.4, 0.5) is 28.9 Å². The third-order valence-electron chi connectivity index (χ3n) is 5.65. The maximum atomic E-state index is 14.8. The van der Waals surface area contributed by atoms with E-state index in [1.807, 2.05) is 0 Å². The van der Waals surface area contributed by atoms with Crippen molar-refractivity contribution < 1.29 is 27.2 Å². The van der Waals surface area contributed by atoms with Crippen LogP contribution < -0.4 is 16.4 Å². The largest absolute Gasteiger partial charge is 0.398 e. The summed E-state index contributed by atoms with van der Waals surface area (Å²) in [6.45, 7) is 0.0640. The molecule has 0 aliphatic heterocycles. The number of nitrogens with zero attached hydrogens (tertiary/aromatic N) is 1. The van der Waals surface area contributed by atoms with Crippen LogP contribution in [0.1, 0.15) is 33.7 Å². The molecule has 0 atom stereocenters. The molecule has 0 bridgehead atoms. The minimum absolute atomic E-state index is 0.00219. The predicted octanol–water partition coefficient (Wildman–Crippen LogP) is 5.94. The van der Waals surface area contributed by atoms with Crippen molar-refractivity contribution in [2.75, 3.05) is 17.6 Å². The van der Waals surface area contributed by atoms with E-state index >= 15 is 0 Å². The van der Waals surface area contributed by atoms with E-state index in [1.54, 1.807) is 0 Å². The normalized spacial score (nSPS) is 14.7. The molecule has 2 aromatic carbocycles. The molecule has 1 aliphatic rings. The van der Waals surface area contributed by atoms with Gasteiger partial charge in [-0.05, 0) is 42.3 Å². The van der Waals surface area contributed by atoms with E-state index in [4.69, 9.17) is 28.9 Å². The summed E-state index contributed by atoms with van der Waals surface area (Å²) in [5.41, 5.74) is 5.71. The van der Waals surface area contributed by atoms with Crippen molar-refractivity contribution in [1.82, 2.24) is 10.3 Å². The summed E-state index contributed by atoms with van der Waals surface area (Å²) in [5.74, 6) is -5.83. The molecule has 36 heavy (non-hydrogen) atoms. The SMILES string of the molecule is Nc1cc(F)ccc1-c1cc(Cl)c(C(=O)Nc2cnc(C(=O)NCC3CC(F)(F)C3)c(Cl)c2)cc1F. The van der Waals surface area contributed by atoms with Gasteiger partial charge in [-0.3, -0.25) is 9.59 Å². The van der Waals surface area contributed by atoms with Gasteiger partial charge in [0.15, 0.2) is 0 Å².